The Morgan fingerprint density at radius 3 is 2.85 bits per heavy atom. The Balaban J connectivity index is 1.99. The summed E-state index contributed by atoms with van der Waals surface area (Å²) in [5.74, 6) is 0.467. The van der Waals surface area contributed by atoms with Crippen LogP contribution in [0, 0.1) is 0 Å². The van der Waals surface area contributed by atoms with Gasteiger partial charge in [-0.1, -0.05) is 0 Å². The minimum absolute atomic E-state index is 0.226. The van der Waals surface area contributed by atoms with Gasteiger partial charge in [0.1, 0.15) is 0 Å². The predicted molar refractivity (Wildman–Crippen MR) is 73.1 cm³/mol. The van der Waals surface area contributed by atoms with Gasteiger partial charge in [-0.3, -0.25) is 13.9 Å². The normalized spacial score (nSPS) is 14.2. The first-order valence-corrected chi connectivity index (χ1v) is 6.50. The van der Waals surface area contributed by atoms with Crippen LogP contribution in [0.1, 0.15) is 24.4 Å². The summed E-state index contributed by atoms with van der Waals surface area (Å²) in [7, 11) is 1.53. The lowest BCUT2D eigenvalue weighted by Crippen LogP contribution is -2.38. The molecule has 0 atom stereocenters. The standard InChI is InChI=1S/C14H15N3O3/c1-20-12-8-10(4-6-15-12)9-17-13(18)5-7-16(14(17)19)11-2-3-11/h4-8,11H,2-3,9H2,1H3. The number of nitrogens with zero attached hydrogens (tertiary/aromatic N) is 3. The Morgan fingerprint density at radius 1 is 1.35 bits per heavy atom. The van der Waals surface area contributed by atoms with Crippen molar-refractivity contribution < 1.29 is 4.74 Å². The molecule has 0 unspecified atom stereocenters. The van der Waals surface area contributed by atoms with Gasteiger partial charge in [-0.25, -0.2) is 9.78 Å². The van der Waals surface area contributed by atoms with Crippen molar-refractivity contribution in [1.29, 1.82) is 0 Å². The first-order chi connectivity index (χ1) is 9.69. The van der Waals surface area contributed by atoms with Gasteiger partial charge in [0, 0.05) is 30.6 Å². The summed E-state index contributed by atoms with van der Waals surface area (Å²) in [6.45, 7) is 0.226. The Kier molecular flexibility index (Phi) is 3.14. The van der Waals surface area contributed by atoms with E-state index >= 15 is 0 Å². The Labute approximate surface area is 115 Å². The van der Waals surface area contributed by atoms with Gasteiger partial charge in [-0.15, -0.1) is 0 Å². The molecule has 0 N–H and O–H groups in total. The summed E-state index contributed by atoms with van der Waals surface area (Å²) >= 11 is 0. The fourth-order valence-corrected chi connectivity index (χ4v) is 2.15. The van der Waals surface area contributed by atoms with Gasteiger partial charge in [0.25, 0.3) is 5.56 Å². The van der Waals surface area contributed by atoms with Crippen LogP contribution < -0.4 is 16.0 Å². The van der Waals surface area contributed by atoms with Crippen LogP contribution in [0.4, 0.5) is 0 Å². The van der Waals surface area contributed by atoms with Crippen LogP contribution in [0.3, 0.4) is 0 Å². The molecule has 0 saturated heterocycles. The van der Waals surface area contributed by atoms with E-state index in [4.69, 9.17) is 4.74 Å². The average Bonchev–Trinajstić information content (AvgIpc) is 3.28. The Morgan fingerprint density at radius 2 is 2.15 bits per heavy atom. The summed E-state index contributed by atoms with van der Waals surface area (Å²) in [6, 6.07) is 5.18. The monoisotopic (exact) mass is 273 g/mol. The van der Waals surface area contributed by atoms with Crippen LogP contribution >= 0.6 is 0 Å². The lowest BCUT2D eigenvalue weighted by Gasteiger charge is -2.09. The van der Waals surface area contributed by atoms with Crippen molar-refractivity contribution >= 4 is 0 Å². The minimum Gasteiger partial charge on any atom is -0.481 e. The molecule has 2 aromatic heterocycles. The highest BCUT2D eigenvalue weighted by Crippen LogP contribution is 2.32. The summed E-state index contributed by atoms with van der Waals surface area (Å²) in [5, 5.41) is 0. The van der Waals surface area contributed by atoms with E-state index in [1.54, 1.807) is 29.1 Å². The minimum atomic E-state index is -0.289. The van der Waals surface area contributed by atoms with Gasteiger partial charge in [-0.05, 0) is 24.5 Å². The van der Waals surface area contributed by atoms with Crippen molar-refractivity contribution in [2.24, 2.45) is 0 Å². The van der Waals surface area contributed by atoms with Crippen LogP contribution in [0.5, 0.6) is 5.88 Å². The number of aromatic nitrogens is 3. The topological polar surface area (TPSA) is 66.1 Å². The van der Waals surface area contributed by atoms with Crippen LogP contribution in [-0.4, -0.2) is 21.2 Å². The second-order valence-electron chi connectivity index (χ2n) is 4.87. The largest absolute Gasteiger partial charge is 0.481 e. The van der Waals surface area contributed by atoms with E-state index in [1.807, 2.05) is 0 Å². The maximum Gasteiger partial charge on any atom is 0.331 e. The second kappa shape index (κ2) is 4.96. The van der Waals surface area contributed by atoms with Gasteiger partial charge in [0.15, 0.2) is 0 Å². The first kappa shape index (κ1) is 12.7. The molecule has 0 bridgehead atoms. The molecular weight excluding hydrogens is 258 g/mol. The number of hydrogen-bond acceptors (Lipinski definition) is 4. The number of methoxy groups -OCH3 is 1. The fraction of sp³-hybridized carbons (Fsp3) is 0.357. The van der Waals surface area contributed by atoms with Crippen molar-refractivity contribution in [2.45, 2.75) is 25.4 Å². The molecule has 6 heteroatoms. The molecule has 104 valence electrons. The molecule has 0 aliphatic heterocycles. The Hall–Kier alpha value is -2.37. The fourth-order valence-electron chi connectivity index (χ4n) is 2.15. The molecule has 2 heterocycles. The number of ether oxygens (including phenoxy) is 1. The summed E-state index contributed by atoms with van der Waals surface area (Å²) in [4.78, 5) is 28.2. The molecule has 1 aliphatic carbocycles. The molecule has 0 aromatic carbocycles. The van der Waals surface area contributed by atoms with Crippen molar-refractivity contribution in [2.75, 3.05) is 7.11 Å². The molecule has 1 fully saturated rings. The van der Waals surface area contributed by atoms with E-state index in [1.165, 1.54) is 17.7 Å². The molecule has 6 nitrogen and oxygen atoms in total. The summed E-state index contributed by atoms with van der Waals surface area (Å²) < 4.78 is 7.93. The molecule has 0 spiro atoms. The molecule has 3 rings (SSSR count). The van der Waals surface area contributed by atoms with Crippen LogP contribution in [0.2, 0.25) is 0 Å². The smallest absolute Gasteiger partial charge is 0.331 e. The highest BCUT2D eigenvalue weighted by molar-refractivity contribution is 5.20. The molecule has 0 radical (unpaired) electrons. The second-order valence-corrected chi connectivity index (χ2v) is 4.87. The van der Waals surface area contributed by atoms with Crippen molar-refractivity contribution in [3.63, 3.8) is 0 Å². The number of hydrogen-bond donors (Lipinski definition) is 0. The van der Waals surface area contributed by atoms with Gasteiger partial charge in [-0.2, -0.15) is 0 Å². The zero-order chi connectivity index (χ0) is 14.1. The van der Waals surface area contributed by atoms with Gasteiger partial charge in [0.05, 0.1) is 13.7 Å². The first-order valence-electron chi connectivity index (χ1n) is 6.50. The highest BCUT2D eigenvalue weighted by atomic mass is 16.5. The predicted octanol–water partition coefficient (Wildman–Crippen LogP) is 0.797. The molecule has 2 aromatic rings. The molecule has 0 amide bonds. The molecule has 1 saturated carbocycles. The summed E-state index contributed by atoms with van der Waals surface area (Å²) in [6.07, 6.45) is 5.19. The maximum absolute atomic E-state index is 12.3. The number of rotatable bonds is 4. The van der Waals surface area contributed by atoms with Crippen molar-refractivity contribution in [3.8, 4) is 5.88 Å². The Bertz CT molecular complexity index is 744. The van der Waals surface area contributed by atoms with Gasteiger partial charge >= 0.3 is 5.69 Å². The summed E-state index contributed by atoms with van der Waals surface area (Å²) in [5.41, 5.74) is 0.267. The van der Waals surface area contributed by atoms with E-state index in [9.17, 15) is 9.59 Å². The molecule has 20 heavy (non-hydrogen) atoms. The molecular formula is C14H15N3O3. The van der Waals surface area contributed by atoms with Gasteiger partial charge in [0.2, 0.25) is 5.88 Å². The lowest BCUT2D eigenvalue weighted by atomic mass is 10.2. The lowest BCUT2D eigenvalue weighted by molar-refractivity contribution is 0.397. The van der Waals surface area contributed by atoms with E-state index < -0.39 is 0 Å². The third kappa shape index (κ3) is 2.36. The van der Waals surface area contributed by atoms with E-state index in [2.05, 4.69) is 4.98 Å². The van der Waals surface area contributed by atoms with E-state index in [0.717, 1.165) is 18.4 Å². The number of pyridine rings is 1. The highest BCUT2D eigenvalue weighted by Gasteiger charge is 2.25. The van der Waals surface area contributed by atoms with E-state index in [-0.39, 0.29) is 23.8 Å². The average molecular weight is 273 g/mol. The SMILES string of the molecule is COc1cc(Cn2c(=O)ccn(C3CC3)c2=O)ccn1. The van der Waals surface area contributed by atoms with E-state index in [0.29, 0.717) is 5.88 Å². The van der Waals surface area contributed by atoms with Crippen molar-refractivity contribution in [3.05, 3.63) is 57.0 Å². The van der Waals surface area contributed by atoms with Crippen LogP contribution in [0.15, 0.2) is 40.2 Å². The third-order valence-corrected chi connectivity index (χ3v) is 3.38. The maximum atomic E-state index is 12.3. The van der Waals surface area contributed by atoms with Crippen LogP contribution in [-0.2, 0) is 6.54 Å². The molecule has 1 aliphatic rings. The zero-order valence-electron chi connectivity index (χ0n) is 11.2. The van der Waals surface area contributed by atoms with Crippen LogP contribution in [0.25, 0.3) is 0 Å². The quantitative estimate of drug-likeness (QED) is 0.826. The van der Waals surface area contributed by atoms with Gasteiger partial charge < -0.3 is 4.74 Å². The zero-order valence-corrected chi connectivity index (χ0v) is 11.2. The van der Waals surface area contributed by atoms with Crippen molar-refractivity contribution in [1.82, 2.24) is 14.1 Å². The third-order valence-electron chi connectivity index (χ3n) is 3.38.